The molecule has 1 aromatic carbocycles. The Labute approximate surface area is 156 Å². The number of phenols is 2. The maximum absolute atomic E-state index is 13.2. The van der Waals surface area contributed by atoms with Gasteiger partial charge in [-0.25, -0.2) is 4.79 Å². The van der Waals surface area contributed by atoms with Gasteiger partial charge in [0.05, 0.1) is 17.5 Å². The minimum Gasteiger partial charge on any atom is -0.507 e. The first-order valence-corrected chi connectivity index (χ1v) is 8.71. The molecule has 0 aliphatic carbocycles. The number of hydrogen-bond donors (Lipinski definition) is 4. The first kappa shape index (κ1) is 18.8. The number of nitrogens with zero attached hydrogens (tertiary/aromatic N) is 1. The SMILES string of the molecule is C/C=C/CC[C@]12NC(=O)C[C@@H](C(=O)O)N1C(=O)c1c(C)c(O)c(C)c(O)c12. The van der Waals surface area contributed by atoms with Crippen molar-refractivity contribution in [3.8, 4) is 11.5 Å². The van der Waals surface area contributed by atoms with E-state index >= 15 is 0 Å². The van der Waals surface area contributed by atoms with E-state index in [0.717, 1.165) is 4.90 Å². The number of rotatable bonds is 4. The molecule has 0 aromatic heterocycles. The highest BCUT2D eigenvalue weighted by atomic mass is 16.4. The Morgan fingerprint density at radius 1 is 1.26 bits per heavy atom. The summed E-state index contributed by atoms with van der Waals surface area (Å²) in [6.07, 6.45) is 3.92. The summed E-state index contributed by atoms with van der Waals surface area (Å²) < 4.78 is 0. The second kappa shape index (κ2) is 6.29. The van der Waals surface area contributed by atoms with Crippen molar-refractivity contribution in [1.82, 2.24) is 10.2 Å². The summed E-state index contributed by atoms with van der Waals surface area (Å²) in [4.78, 5) is 38.5. The van der Waals surface area contributed by atoms with E-state index in [9.17, 15) is 29.7 Å². The van der Waals surface area contributed by atoms with Crippen LogP contribution in [0.1, 0.15) is 53.2 Å². The standard InChI is InChI=1S/C19H22N2O6/c1-4-5-6-7-19-14-13(9(2)15(23)10(3)16(14)24)17(25)21(19)11(18(26)27)8-12(22)20-19/h4-5,11,23-24H,6-8H2,1-3H3,(H,20,22)(H,26,27)/b5-4+/t11-,19-/m0/s1. The summed E-state index contributed by atoms with van der Waals surface area (Å²) >= 11 is 0. The van der Waals surface area contributed by atoms with Gasteiger partial charge in [0.2, 0.25) is 5.91 Å². The van der Waals surface area contributed by atoms with Gasteiger partial charge in [0, 0.05) is 11.1 Å². The van der Waals surface area contributed by atoms with E-state index in [1.165, 1.54) is 13.8 Å². The van der Waals surface area contributed by atoms with Crippen LogP contribution >= 0.6 is 0 Å². The Morgan fingerprint density at radius 2 is 1.93 bits per heavy atom. The average molecular weight is 374 g/mol. The van der Waals surface area contributed by atoms with Crippen LogP contribution in [0.2, 0.25) is 0 Å². The van der Waals surface area contributed by atoms with Crippen molar-refractivity contribution >= 4 is 17.8 Å². The van der Waals surface area contributed by atoms with Gasteiger partial charge in [-0.1, -0.05) is 12.2 Å². The number of allylic oxidation sites excluding steroid dienone is 2. The van der Waals surface area contributed by atoms with Gasteiger partial charge in [-0.3, -0.25) is 14.5 Å². The second-order valence-electron chi connectivity index (χ2n) is 6.95. The van der Waals surface area contributed by atoms with Crippen LogP contribution < -0.4 is 5.32 Å². The third-order valence-corrected chi connectivity index (χ3v) is 5.42. The number of carbonyl (C=O) groups is 3. The zero-order valence-electron chi connectivity index (χ0n) is 15.4. The molecular weight excluding hydrogens is 352 g/mol. The molecule has 2 heterocycles. The molecule has 2 amide bonds. The van der Waals surface area contributed by atoms with Gasteiger partial charge in [-0.15, -0.1) is 0 Å². The Balaban J connectivity index is 2.34. The van der Waals surface area contributed by atoms with Crippen LogP contribution in [0.4, 0.5) is 0 Å². The molecule has 2 aliphatic rings. The summed E-state index contributed by atoms with van der Waals surface area (Å²) in [5.41, 5.74) is -0.840. The van der Waals surface area contributed by atoms with E-state index < -0.39 is 29.5 Å². The molecule has 1 saturated heterocycles. The van der Waals surface area contributed by atoms with E-state index in [2.05, 4.69) is 5.32 Å². The second-order valence-corrected chi connectivity index (χ2v) is 6.95. The molecule has 0 spiro atoms. The number of phenolic OH excluding ortho intramolecular Hbond substituents is 2. The van der Waals surface area contributed by atoms with E-state index in [0.29, 0.717) is 6.42 Å². The molecule has 3 rings (SSSR count). The first-order chi connectivity index (χ1) is 12.7. The van der Waals surface area contributed by atoms with E-state index in [1.54, 1.807) is 0 Å². The van der Waals surface area contributed by atoms with Crippen LogP contribution in [-0.4, -0.2) is 44.0 Å². The van der Waals surface area contributed by atoms with Crippen molar-refractivity contribution in [2.24, 2.45) is 0 Å². The van der Waals surface area contributed by atoms with Crippen molar-refractivity contribution in [3.05, 3.63) is 34.4 Å². The van der Waals surface area contributed by atoms with Crippen molar-refractivity contribution in [2.45, 2.75) is 51.7 Å². The lowest BCUT2D eigenvalue weighted by Gasteiger charge is -2.46. The molecule has 8 nitrogen and oxygen atoms in total. The number of aromatic hydroxyl groups is 2. The van der Waals surface area contributed by atoms with E-state index in [1.807, 2.05) is 19.1 Å². The molecule has 2 aliphatic heterocycles. The van der Waals surface area contributed by atoms with Gasteiger partial charge in [-0.2, -0.15) is 0 Å². The van der Waals surface area contributed by atoms with Crippen LogP contribution in [0.15, 0.2) is 12.2 Å². The highest BCUT2D eigenvalue weighted by molar-refractivity contribution is 6.07. The molecule has 0 bridgehead atoms. The number of carboxylic acid groups (broad SMARTS) is 1. The summed E-state index contributed by atoms with van der Waals surface area (Å²) in [5.74, 6) is -2.96. The highest BCUT2D eigenvalue weighted by Crippen LogP contribution is 2.52. The third kappa shape index (κ3) is 2.47. The van der Waals surface area contributed by atoms with Crippen molar-refractivity contribution in [3.63, 3.8) is 0 Å². The maximum atomic E-state index is 13.2. The number of amides is 2. The predicted molar refractivity (Wildman–Crippen MR) is 95.3 cm³/mol. The minimum atomic E-state index is -1.47. The largest absolute Gasteiger partial charge is 0.507 e. The Bertz CT molecular complexity index is 891. The normalized spacial score (nSPS) is 24.1. The quantitative estimate of drug-likeness (QED) is 0.594. The molecule has 1 aromatic rings. The van der Waals surface area contributed by atoms with Gasteiger partial charge in [-0.05, 0) is 33.6 Å². The third-order valence-electron chi connectivity index (χ3n) is 5.42. The zero-order chi connectivity index (χ0) is 20.1. The number of carbonyl (C=O) groups excluding carboxylic acids is 2. The summed E-state index contributed by atoms with van der Waals surface area (Å²) in [5, 5.41) is 33.4. The predicted octanol–water partition coefficient (Wildman–Crippen LogP) is 1.65. The Morgan fingerprint density at radius 3 is 2.52 bits per heavy atom. The molecule has 0 radical (unpaired) electrons. The summed E-state index contributed by atoms with van der Waals surface area (Å²) in [6, 6.07) is -1.36. The number of fused-ring (bicyclic) bond motifs is 3. The van der Waals surface area contributed by atoms with Crippen LogP contribution in [0, 0.1) is 13.8 Å². The molecule has 8 heteroatoms. The van der Waals surface area contributed by atoms with Crippen LogP contribution in [-0.2, 0) is 15.3 Å². The molecule has 0 saturated carbocycles. The number of carboxylic acids is 1. The van der Waals surface area contributed by atoms with Crippen molar-refractivity contribution in [1.29, 1.82) is 0 Å². The van der Waals surface area contributed by atoms with Gasteiger partial charge in [0.1, 0.15) is 23.2 Å². The topological polar surface area (TPSA) is 127 Å². The average Bonchev–Trinajstić information content (AvgIpc) is 2.86. The number of nitrogens with one attached hydrogen (secondary N) is 1. The fourth-order valence-electron chi connectivity index (χ4n) is 4.13. The molecule has 2 atom stereocenters. The maximum Gasteiger partial charge on any atom is 0.327 e. The zero-order valence-corrected chi connectivity index (χ0v) is 15.4. The molecule has 27 heavy (non-hydrogen) atoms. The van der Waals surface area contributed by atoms with Gasteiger partial charge in [0.15, 0.2) is 0 Å². The molecule has 144 valence electrons. The van der Waals surface area contributed by atoms with Gasteiger partial charge >= 0.3 is 5.97 Å². The monoisotopic (exact) mass is 374 g/mol. The minimum absolute atomic E-state index is 0.0459. The number of hydrogen-bond acceptors (Lipinski definition) is 5. The first-order valence-electron chi connectivity index (χ1n) is 8.71. The summed E-state index contributed by atoms with van der Waals surface area (Å²) in [7, 11) is 0. The molecule has 0 unspecified atom stereocenters. The highest BCUT2D eigenvalue weighted by Gasteiger charge is 2.59. The molecular formula is C19H22N2O6. The lowest BCUT2D eigenvalue weighted by Crippen LogP contribution is -2.66. The lowest BCUT2D eigenvalue weighted by atomic mass is 9.86. The fraction of sp³-hybridized carbons (Fsp3) is 0.421. The van der Waals surface area contributed by atoms with E-state index in [4.69, 9.17) is 0 Å². The van der Waals surface area contributed by atoms with Gasteiger partial charge < -0.3 is 20.6 Å². The molecule has 4 N–H and O–H groups in total. The van der Waals surface area contributed by atoms with E-state index in [-0.39, 0.29) is 46.6 Å². The molecule has 1 fully saturated rings. The lowest BCUT2D eigenvalue weighted by molar-refractivity contribution is -0.153. The Kier molecular flexibility index (Phi) is 4.37. The smallest absolute Gasteiger partial charge is 0.327 e. The van der Waals surface area contributed by atoms with Crippen LogP contribution in [0.5, 0.6) is 11.5 Å². The van der Waals surface area contributed by atoms with Crippen LogP contribution in [0.3, 0.4) is 0 Å². The van der Waals surface area contributed by atoms with Gasteiger partial charge in [0.25, 0.3) is 5.91 Å². The number of aliphatic carboxylic acids is 1. The fourth-order valence-corrected chi connectivity index (χ4v) is 4.13. The van der Waals surface area contributed by atoms with Crippen molar-refractivity contribution < 1.29 is 29.7 Å². The van der Waals surface area contributed by atoms with Crippen molar-refractivity contribution in [2.75, 3.05) is 0 Å². The Hall–Kier alpha value is -3.03. The summed E-state index contributed by atoms with van der Waals surface area (Å²) in [6.45, 7) is 4.87. The number of benzene rings is 1. The van der Waals surface area contributed by atoms with Crippen LogP contribution in [0.25, 0.3) is 0 Å².